The Bertz CT molecular complexity index is 439. The van der Waals surface area contributed by atoms with Crippen LogP contribution in [0.5, 0.6) is 0 Å². The monoisotopic (exact) mass is 265 g/mol. The van der Waals surface area contributed by atoms with E-state index in [1.165, 1.54) is 25.7 Å². The number of halogens is 1. The SMILES string of the molecule is CN(CC1CCCC1)c1cccc(Cl)c1C(=N)N. The molecule has 0 amide bonds. The van der Waals surface area contributed by atoms with Crippen LogP contribution in [0.1, 0.15) is 31.2 Å². The van der Waals surface area contributed by atoms with Gasteiger partial charge in [0.05, 0.1) is 10.6 Å². The molecule has 0 aromatic heterocycles. The lowest BCUT2D eigenvalue weighted by Gasteiger charge is -2.25. The number of nitrogens with zero attached hydrogens (tertiary/aromatic N) is 1. The van der Waals surface area contributed by atoms with Crippen LogP contribution >= 0.6 is 11.6 Å². The largest absolute Gasteiger partial charge is 0.384 e. The fourth-order valence-electron chi connectivity index (χ4n) is 2.78. The molecule has 2 rings (SSSR count). The van der Waals surface area contributed by atoms with Crippen LogP contribution in [0, 0.1) is 11.3 Å². The first-order chi connectivity index (χ1) is 8.59. The van der Waals surface area contributed by atoms with Crippen molar-refractivity contribution < 1.29 is 0 Å². The summed E-state index contributed by atoms with van der Waals surface area (Å²) in [7, 11) is 2.05. The Balaban J connectivity index is 2.20. The molecule has 1 aliphatic carbocycles. The van der Waals surface area contributed by atoms with Crippen LogP contribution in [-0.2, 0) is 0 Å². The van der Waals surface area contributed by atoms with Gasteiger partial charge < -0.3 is 10.6 Å². The standard InChI is InChI=1S/C14H20ClN3/c1-18(9-10-5-2-3-6-10)12-8-4-7-11(15)13(12)14(16)17/h4,7-8,10H,2-3,5-6,9H2,1H3,(H3,16,17). The molecule has 3 N–H and O–H groups in total. The number of benzene rings is 1. The van der Waals surface area contributed by atoms with Gasteiger partial charge in [0.15, 0.2) is 0 Å². The first kappa shape index (κ1) is 13.2. The highest BCUT2D eigenvalue weighted by Crippen LogP contribution is 2.30. The van der Waals surface area contributed by atoms with Gasteiger partial charge in [-0.1, -0.05) is 30.5 Å². The van der Waals surface area contributed by atoms with E-state index in [2.05, 4.69) is 11.9 Å². The van der Waals surface area contributed by atoms with Crippen LogP contribution < -0.4 is 10.6 Å². The lowest BCUT2D eigenvalue weighted by molar-refractivity contribution is 0.547. The predicted molar refractivity (Wildman–Crippen MR) is 77.7 cm³/mol. The van der Waals surface area contributed by atoms with Gasteiger partial charge in [0, 0.05) is 19.3 Å². The Morgan fingerprint density at radius 1 is 1.44 bits per heavy atom. The lowest BCUT2D eigenvalue weighted by Crippen LogP contribution is -2.27. The molecule has 0 heterocycles. The van der Waals surface area contributed by atoms with E-state index in [4.69, 9.17) is 22.7 Å². The van der Waals surface area contributed by atoms with E-state index >= 15 is 0 Å². The van der Waals surface area contributed by atoms with Crippen LogP contribution in [0.15, 0.2) is 18.2 Å². The topological polar surface area (TPSA) is 53.1 Å². The molecule has 1 saturated carbocycles. The zero-order valence-corrected chi connectivity index (χ0v) is 11.5. The number of nitrogen functional groups attached to an aromatic ring is 1. The molecular weight excluding hydrogens is 246 g/mol. The van der Waals surface area contributed by atoms with E-state index < -0.39 is 0 Å². The molecule has 98 valence electrons. The Kier molecular flexibility index (Phi) is 4.12. The second kappa shape index (κ2) is 5.61. The summed E-state index contributed by atoms with van der Waals surface area (Å²) in [6, 6.07) is 5.68. The van der Waals surface area contributed by atoms with Crippen molar-refractivity contribution in [2.75, 3.05) is 18.5 Å². The third-order valence-electron chi connectivity index (χ3n) is 3.68. The number of nitrogens with two attached hydrogens (primary N) is 1. The van der Waals surface area contributed by atoms with E-state index in [-0.39, 0.29) is 5.84 Å². The van der Waals surface area contributed by atoms with E-state index in [1.54, 1.807) is 6.07 Å². The van der Waals surface area contributed by atoms with Gasteiger partial charge in [-0.3, -0.25) is 5.41 Å². The Labute approximate surface area is 113 Å². The van der Waals surface area contributed by atoms with Crippen molar-refractivity contribution in [3.05, 3.63) is 28.8 Å². The van der Waals surface area contributed by atoms with Crippen molar-refractivity contribution in [2.45, 2.75) is 25.7 Å². The summed E-state index contributed by atoms with van der Waals surface area (Å²) in [5, 5.41) is 8.22. The molecule has 1 aliphatic rings. The highest BCUT2D eigenvalue weighted by molar-refractivity contribution is 6.34. The Morgan fingerprint density at radius 2 is 2.11 bits per heavy atom. The summed E-state index contributed by atoms with van der Waals surface area (Å²) in [5.41, 5.74) is 7.25. The molecule has 3 nitrogen and oxygen atoms in total. The van der Waals surface area contributed by atoms with Crippen LogP contribution in [0.3, 0.4) is 0 Å². The van der Waals surface area contributed by atoms with Gasteiger partial charge in [-0.15, -0.1) is 0 Å². The second-order valence-corrected chi connectivity index (χ2v) is 5.49. The maximum absolute atomic E-state index is 7.66. The minimum absolute atomic E-state index is 0.0360. The van der Waals surface area contributed by atoms with Crippen LogP contribution in [0.4, 0.5) is 5.69 Å². The second-order valence-electron chi connectivity index (χ2n) is 5.08. The number of hydrogen-bond acceptors (Lipinski definition) is 2. The molecule has 0 aliphatic heterocycles. The highest BCUT2D eigenvalue weighted by Gasteiger charge is 2.19. The zero-order chi connectivity index (χ0) is 13.1. The molecule has 0 unspecified atom stereocenters. The van der Waals surface area contributed by atoms with Crippen molar-refractivity contribution in [1.29, 1.82) is 5.41 Å². The summed E-state index contributed by atoms with van der Waals surface area (Å²) in [6.07, 6.45) is 5.29. The maximum Gasteiger partial charge on any atom is 0.126 e. The maximum atomic E-state index is 7.66. The zero-order valence-electron chi connectivity index (χ0n) is 10.7. The van der Waals surface area contributed by atoms with Gasteiger partial charge in [-0.25, -0.2) is 0 Å². The Morgan fingerprint density at radius 3 is 2.72 bits per heavy atom. The minimum Gasteiger partial charge on any atom is -0.384 e. The molecule has 0 atom stereocenters. The van der Waals surface area contributed by atoms with Crippen molar-refractivity contribution in [3.63, 3.8) is 0 Å². The van der Waals surface area contributed by atoms with E-state index in [9.17, 15) is 0 Å². The first-order valence-corrected chi connectivity index (χ1v) is 6.81. The summed E-state index contributed by atoms with van der Waals surface area (Å²) in [6.45, 7) is 1.01. The van der Waals surface area contributed by atoms with Crippen LogP contribution in [0.2, 0.25) is 5.02 Å². The summed E-state index contributed by atoms with van der Waals surface area (Å²) in [4.78, 5) is 2.18. The number of amidine groups is 1. The average Bonchev–Trinajstić information content (AvgIpc) is 2.80. The minimum atomic E-state index is 0.0360. The summed E-state index contributed by atoms with van der Waals surface area (Å²) >= 11 is 6.14. The molecule has 1 fully saturated rings. The molecule has 1 aromatic rings. The van der Waals surface area contributed by atoms with Crippen LogP contribution in [-0.4, -0.2) is 19.4 Å². The molecule has 0 bridgehead atoms. The average molecular weight is 266 g/mol. The molecule has 18 heavy (non-hydrogen) atoms. The summed E-state index contributed by atoms with van der Waals surface area (Å²) in [5.74, 6) is 0.794. The normalized spacial score (nSPS) is 15.9. The van der Waals surface area contributed by atoms with Crippen molar-refractivity contribution in [1.82, 2.24) is 0 Å². The first-order valence-electron chi connectivity index (χ1n) is 6.43. The van der Waals surface area contributed by atoms with E-state index in [1.807, 2.05) is 12.1 Å². The molecule has 1 aromatic carbocycles. The predicted octanol–water partition coefficient (Wildman–Crippen LogP) is 3.25. The van der Waals surface area contributed by atoms with Crippen molar-refractivity contribution in [2.24, 2.45) is 11.7 Å². The highest BCUT2D eigenvalue weighted by atomic mass is 35.5. The smallest absolute Gasteiger partial charge is 0.126 e. The van der Waals surface area contributed by atoms with Gasteiger partial charge in [0.25, 0.3) is 0 Å². The Hall–Kier alpha value is -1.22. The number of anilines is 1. The van der Waals surface area contributed by atoms with E-state index in [0.29, 0.717) is 10.6 Å². The van der Waals surface area contributed by atoms with Gasteiger partial charge in [-0.2, -0.15) is 0 Å². The van der Waals surface area contributed by atoms with Gasteiger partial charge in [-0.05, 0) is 30.9 Å². The van der Waals surface area contributed by atoms with Gasteiger partial charge in [0.1, 0.15) is 5.84 Å². The molecule has 4 heteroatoms. The van der Waals surface area contributed by atoms with Gasteiger partial charge in [0.2, 0.25) is 0 Å². The van der Waals surface area contributed by atoms with Crippen molar-refractivity contribution in [3.8, 4) is 0 Å². The number of hydrogen-bond donors (Lipinski definition) is 2. The molecule has 0 saturated heterocycles. The fourth-order valence-corrected chi connectivity index (χ4v) is 3.05. The van der Waals surface area contributed by atoms with Gasteiger partial charge >= 0.3 is 0 Å². The lowest BCUT2D eigenvalue weighted by atomic mass is 10.1. The number of rotatable bonds is 4. The molecule has 0 radical (unpaired) electrons. The molecular formula is C14H20ClN3. The molecule has 0 spiro atoms. The number of nitrogens with one attached hydrogen (secondary N) is 1. The third-order valence-corrected chi connectivity index (χ3v) is 3.99. The third kappa shape index (κ3) is 2.78. The quantitative estimate of drug-likeness (QED) is 0.649. The van der Waals surface area contributed by atoms with Crippen molar-refractivity contribution >= 4 is 23.1 Å². The summed E-state index contributed by atoms with van der Waals surface area (Å²) < 4.78 is 0. The fraction of sp³-hybridized carbons (Fsp3) is 0.500. The van der Waals surface area contributed by atoms with E-state index in [0.717, 1.165) is 18.2 Å². The van der Waals surface area contributed by atoms with Crippen LogP contribution in [0.25, 0.3) is 0 Å².